The molecule has 35 heavy (non-hydrogen) atoms. The summed E-state index contributed by atoms with van der Waals surface area (Å²) < 4.78 is 62.8. The Kier molecular flexibility index (Phi) is 6.28. The first-order valence-electron chi connectivity index (χ1n) is 11.3. The van der Waals surface area contributed by atoms with Gasteiger partial charge < -0.3 is 15.0 Å². The fraction of sp³-hybridized carbons (Fsp3) is 0.571. The number of alkyl halides is 2. The van der Waals surface area contributed by atoms with Gasteiger partial charge in [0, 0.05) is 38.5 Å². The lowest BCUT2D eigenvalue weighted by atomic mass is 10.1. The van der Waals surface area contributed by atoms with E-state index in [-0.39, 0.29) is 34.4 Å². The van der Waals surface area contributed by atoms with Gasteiger partial charge in [-0.25, -0.2) is 26.9 Å². The molecule has 1 aliphatic heterocycles. The van der Waals surface area contributed by atoms with Crippen molar-refractivity contribution in [2.45, 2.75) is 55.6 Å². The van der Waals surface area contributed by atoms with Crippen LogP contribution in [0.25, 0.3) is 16.3 Å². The van der Waals surface area contributed by atoms with E-state index in [4.69, 9.17) is 4.74 Å². The zero-order chi connectivity index (χ0) is 25.0. The number of hydrogen-bond acceptors (Lipinski definition) is 9. The van der Waals surface area contributed by atoms with Crippen molar-refractivity contribution in [2.75, 3.05) is 31.7 Å². The molecule has 1 saturated heterocycles. The summed E-state index contributed by atoms with van der Waals surface area (Å²) in [5.41, 5.74) is 0.748. The van der Waals surface area contributed by atoms with Gasteiger partial charge >= 0.3 is 0 Å². The maximum atomic E-state index is 13.5. The predicted molar refractivity (Wildman–Crippen MR) is 127 cm³/mol. The second kappa shape index (κ2) is 9.00. The van der Waals surface area contributed by atoms with Crippen molar-refractivity contribution < 1.29 is 21.9 Å². The Morgan fingerprint density at radius 1 is 1.29 bits per heavy atom. The number of sulfonamides is 1. The van der Waals surface area contributed by atoms with E-state index in [1.165, 1.54) is 6.20 Å². The molecule has 0 aromatic carbocycles. The number of imidazole rings is 1. The summed E-state index contributed by atoms with van der Waals surface area (Å²) >= 11 is 0.735. The number of pyridine rings is 1. The predicted octanol–water partition coefficient (Wildman–Crippen LogP) is 2.43. The molecule has 14 heteroatoms. The molecule has 2 fully saturated rings. The average molecular weight is 528 g/mol. The van der Waals surface area contributed by atoms with Crippen LogP contribution in [0.1, 0.15) is 38.1 Å². The topological polar surface area (TPSA) is 114 Å². The number of nitrogens with one attached hydrogen (secondary N) is 2. The molecule has 0 amide bonds. The van der Waals surface area contributed by atoms with Crippen molar-refractivity contribution >= 4 is 32.6 Å². The van der Waals surface area contributed by atoms with E-state index in [2.05, 4.69) is 44.0 Å². The maximum Gasteiger partial charge on any atom is 0.291 e. The van der Waals surface area contributed by atoms with Crippen LogP contribution in [0.2, 0.25) is 0 Å². The molecule has 4 heterocycles. The van der Waals surface area contributed by atoms with Gasteiger partial charge in [-0.15, -0.1) is 10.2 Å². The third-order valence-corrected chi connectivity index (χ3v) is 8.72. The summed E-state index contributed by atoms with van der Waals surface area (Å²) in [4.78, 5) is 6.60. The van der Waals surface area contributed by atoms with Crippen LogP contribution >= 0.6 is 11.3 Å². The van der Waals surface area contributed by atoms with Gasteiger partial charge in [-0.2, -0.15) is 0 Å². The van der Waals surface area contributed by atoms with E-state index in [0.717, 1.165) is 11.3 Å². The van der Waals surface area contributed by atoms with Crippen LogP contribution in [0.5, 0.6) is 0 Å². The summed E-state index contributed by atoms with van der Waals surface area (Å²) in [6.45, 7) is 5.75. The minimum absolute atomic E-state index is 0.0547. The van der Waals surface area contributed by atoms with Gasteiger partial charge in [0.2, 0.25) is 10.0 Å². The molecule has 2 atom stereocenters. The number of nitrogens with zero attached hydrogens (tertiary/aromatic N) is 5. The van der Waals surface area contributed by atoms with Crippen molar-refractivity contribution in [1.29, 1.82) is 0 Å². The van der Waals surface area contributed by atoms with Crippen LogP contribution < -0.4 is 14.9 Å². The van der Waals surface area contributed by atoms with Crippen molar-refractivity contribution in [2.24, 2.45) is 0 Å². The number of anilines is 1. The minimum Gasteiger partial charge on any atom is -0.383 e. The van der Waals surface area contributed by atoms with E-state index in [0.29, 0.717) is 37.1 Å². The molecule has 5 rings (SSSR count). The Bertz CT molecular complexity index is 1330. The third kappa shape index (κ3) is 4.77. The van der Waals surface area contributed by atoms with Crippen LogP contribution in [0.3, 0.4) is 0 Å². The van der Waals surface area contributed by atoms with E-state index in [9.17, 15) is 17.2 Å². The van der Waals surface area contributed by atoms with Crippen LogP contribution in [0, 0.1) is 0 Å². The number of methoxy groups -OCH3 is 1. The second-order valence-corrected chi connectivity index (χ2v) is 12.0. The van der Waals surface area contributed by atoms with Gasteiger partial charge in [-0.3, -0.25) is 4.40 Å². The molecule has 2 aliphatic rings. The van der Waals surface area contributed by atoms with Crippen LogP contribution in [0.15, 0.2) is 23.4 Å². The van der Waals surface area contributed by atoms with Gasteiger partial charge in [-0.05, 0) is 32.8 Å². The highest BCUT2D eigenvalue weighted by Gasteiger charge is 2.46. The summed E-state index contributed by atoms with van der Waals surface area (Å²) in [7, 11) is -2.38. The zero-order valence-corrected chi connectivity index (χ0v) is 21.2. The first kappa shape index (κ1) is 24.4. The fourth-order valence-electron chi connectivity index (χ4n) is 4.60. The SMILES string of the molecule is COCC1(NS(=O)(=O)c2cc(N3C[C@H](C)N[C@@H](C)C3)c3cnc(-c4nnc(C(F)F)s4)n3c2)CC1. The molecular formula is C21H27F2N7O3S2. The Balaban J connectivity index is 1.64. The van der Waals surface area contributed by atoms with E-state index in [1.54, 1.807) is 23.8 Å². The molecule has 0 unspecified atom stereocenters. The monoisotopic (exact) mass is 527 g/mol. The number of rotatable bonds is 8. The smallest absolute Gasteiger partial charge is 0.291 e. The molecule has 0 spiro atoms. The number of aromatic nitrogens is 4. The Hall–Kier alpha value is -2.26. The van der Waals surface area contributed by atoms with E-state index in [1.807, 2.05) is 0 Å². The lowest BCUT2D eigenvalue weighted by Gasteiger charge is -2.38. The number of fused-ring (bicyclic) bond motifs is 1. The second-order valence-electron chi connectivity index (χ2n) is 9.34. The van der Waals surface area contributed by atoms with Gasteiger partial charge in [0.05, 0.1) is 29.5 Å². The Morgan fingerprint density at radius 2 is 2.00 bits per heavy atom. The van der Waals surface area contributed by atoms with Gasteiger partial charge in [-0.1, -0.05) is 11.3 Å². The number of piperazine rings is 1. The van der Waals surface area contributed by atoms with Crippen molar-refractivity contribution in [3.8, 4) is 10.8 Å². The summed E-state index contributed by atoms with van der Waals surface area (Å²) in [6, 6.07) is 2.03. The fourth-order valence-corrected chi connectivity index (χ4v) is 6.75. The highest BCUT2D eigenvalue weighted by molar-refractivity contribution is 7.89. The standard InChI is InChI=1S/C21H27F2N7O3S2/c1-12-8-29(9-13(2)25-12)15-6-14(35(31,32)28-21(4-5-21)11-33-3)10-30-16(15)7-24-18(30)20-27-26-19(34-20)17(22)23/h6-7,10,12-13,17,25,28H,4-5,8-9,11H2,1-3H3/t12-,13-/m0/s1. The molecule has 1 aliphatic carbocycles. The first-order valence-corrected chi connectivity index (χ1v) is 13.6. The molecule has 190 valence electrons. The molecule has 3 aromatic rings. The Labute approximate surface area is 205 Å². The minimum atomic E-state index is -3.92. The lowest BCUT2D eigenvalue weighted by Crippen LogP contribution is -2.54. The molecule has 0 bridgehead atoms. The maximum absolute atomic E-state index is 13.5. The number of ether oxygens (including phenoxy) is 1. The largest absolute Gasteiger partial charge is 0.383 e. The average Bonchev–Trinajstić information content (AvgIpc) is 3.19. The lowest BCUT2D eigenvalue weighted by molar-refractivity contribution is 0.150. The quantitative estimate of drug-likeness (QED) is 0.459. The number of halogens is 2. The highest BCUT2D eigenvalue weighted by Crippen LogP contribution is 2.38. The van der Waals surface area contributed by atoms with Crippen LogP contribution in [-0.4, -0.2) is 72.4 Å². The molecule has 3 aromatic heterocycles. The molecule has 0 radical (unpaired) electrons. The van der Waals surface area contributed by atoms with Gasteiger partial charge in [0.1, 0.15) is 4.90 Å². The van der Waals surface area contributed by atoms with Crippen molar-refractivity contribution in [3.63, 3.8) is 0 Å². The van der Waals surface area contributed by atoms with Crippen LogP contribution in [0.4, 0.5) is 14.5 Å². The highest BCUT2D eigenvalue weighted by atomic mass is 32.2. The normalized spacial score (nSPS) is 22.3. The summed E-state index contributed by atoms with van der Waals surface area (Å²) in [6.07, 6.45) is 1.72. The Morgan fingerprint density at radius 3 is 2.60 bits per heavy atom. The molecule has 10 nitrogen and oxygen atoms in total. The van der Waals surface area contributed by atoms with Gasteiger partial charge in [0.25, 0.3) is 6.43 Å². The van der Waals surface area contributed by atoms with E-state index >= 15 is 0 Å². The zero-order valence-electron chi connectivity index (χ0n) is 19.5. The van der Waals surface area contributed by atoms with Crippen molar-refractivity contribution in [3.05, 3.63) is 23.5 Å². The molecular weight excluding hydrogens is 500 g/mol. The van der Waals surface area contributed by atoms with Gasteiger partial charge in [0.15, 0.2) is 15.8 Å². The number of hydrogen-bond donors (Lipinski definition) is 2. The molecule has 2 N–H and O–H groups in total. The van der Waals surface area contributed by atoms with Crippen molar-refractivity contribution in [1.82, 2.24) is 29.6 Å². The molecule has 1 saturated carbocycles. The third-order valence-electron chi connectivity index (χ3n) is 6.25. The first-order chi connectivity index (χ1) is 16.6. The van der Waals surface area contributed by atoms with E-state index < -0.39 is 27.0 Å². The van der Waals surface area contributed by atoms with Crippen LogP contribution in [-0.2, 0) is 14.8 Å². The summed E-state index contributed by atoms with van der Waals surface area (Å²) in [5.74, 6) is 0.261. The summed E-state index contributed by atoms with van der Waals surface area (Å²) in [5, 5.41) is 10.7.